The molecule has 0 fully saturated rings. The van der Waals surface area contributed by atoms with Crippen molar-refractivity contribution in [3.8, 4) is 0 Å². The molecule has 0 aromatic heterocycles. The quantitative estimate of drug-likeness (QED) is 0.298. The van der Waals surface area contributed by atoms with Crippen LogP contribution in [0.2, 0.25) is 0 Å². The van der Waals surface area contributed by atoms with Crippen LogP contribution in [0.3, 0.4) is 0 Å². The third-order valence-corrected chi connectivity index (χ3v) is 5.58. The van der Waals surface area contributed by atoms with E-state index in [-0.39, 0.29) is 17.2 Å². The third-order valence-electron chi connectivity index (χ3n) is 5.58. The van der Waals surface area contributed by atoms with Crippen LogP contribution in [0, 0.1) is 0 Å². The molecular weight excluding hydrogens is 422 g/mol. The van der Waals surface area contributed by atoms with Crippen LogP contribution in [-0.4, -0.2) is 17.5 Å². The van der Waals surface area contributed by atoms with Crippen LogP contribution >= 0.6 is 0 Å². The molecule has 0 atom stereocenters. The van der Waals surface area contributed by atoms with Crippen LogP contribution in [0.4, 0.5) is 5.69 Å². The van der Waals surface area contributed by atoms with Crippen LogP contribution in [-0.2, 0) is 5.41 Å². The first kappa shape index (κ1) is 24.9. The summed E-state index contributed by atoms with van der Waals surface area (Å²) in [6, 6.07) is 24.3. The number of carbonyl (C=O) groups excluding carboxylic acids is 2. The number of amides is 2. The van der Waals surface area contributed by atoms with Crippen LogP contribution in [0.25, 0.3) is 0 Å². The van der Waals surface area contributed by atoms with Gasteiger partial charge >= 0.3 is 0 Å². The lowest BCUT2D eigenvalue weighted by molar-refractivity contribution is 0.0954. The van der Waals surface area contributed by atoms with Gasteiger partial charge in [-0.1, -0.05) is 76.6 Å². The Hall–Kier alpha value is -3.73. The fourth-order valence-electron chi connectivity index (χ4n) is 3.45. The lowest BCUT2D eigenvalue weighted by Gasteiger charge is -2.19. The second-order valence-electron chi connectivity index (χ2n) is 9.33. The predicted octanol–water partition coefficient (Wildman–Crippen LogP) is 6.56. The third kappa shape index (κ3) is 6.88. The highest BCUT2D eigenvalue weighted by Crippen LogP contribution is 2.22. The monoisotopic (exact) mass is 455 g/mol. The van der Waals surface area contributed by atoms with Crippen molar-refractivity contribution in [3.05, 3.63) is 101 Å². The van der Waals surface area contributed by atoms with Crippen molar-refractivity contribution in [2.45, 2.75) is 52.4 Å². The summed E-state index contributed by atoms with van der Waals surface area (Å²) in [5.41, 5.74) is 7.43. The summed E-state index contributed by atoms with van der Waals surface area (Å²) in [5, 5.41) is 7.27. The van der Waals surface area contributed by atoms with E-state index in [1.54, 1.807) is 24.3 Å². The molecule has 0 bridgehead atoms. The largest absolute Gasteiger partial charge is 0.322 e. The zero-order valence-electron chi connectivity index (χ0n) is 20.4. The molecule has 5 nitrogen and oxygen atoms in total. The van der Waals surface area contributed by atoms with Crippen molar-refractivity contribution in [3.63, 3.8) is 0 Å². The van der Waals surface area contributed by atoms with Crippen molar-refractivity contribution < 1.29 is 9.59 Å². The zero-order chi connectivity index (χ0) is 24.6. The maximum atomic E-state index is 12.6. The predicted molar refractivity (Wildman–Crippen MR) is 140 cm³/mol. The van der Waals surface area contributed by atoms with Gasteiger partial charge in [0, 0.05) is 16.8 Å². The Morgan fingerprint density at radius 1 is 0.765 bits per heavy atom. The molecule has 0 radical (unpaired) electrons. The van der Waals surface area contributed by atoms with Crippen molar-refractivity contribution in [2.75, 3.05) is 5.32 Å². The number of hydrazone groups is 1. The Kier molecular flexibility index (Phi) is 8.36. The number of unbranched alkanes of at least 4 members (excludes halogenated alkanes) is 1. The van der Waals surface area contributed by atoms with E-state index < -0.39 is 0 Å². The smallest absolute Gasteiger partial charge is 0.271 e. The second-order valence-corrected chi connectivity index (χ2v) is 9.33. The van der Waals surface area contributed by atoms with Gasteiger partial charge in [0.1, 0.15) is 0 Å². The molecule has 2 amide bonds. The Morgan fingerprint density at radius 2 is 1.35 bits per heavy atom. The SMILES string of the molecule is CCCCC(=NNC(=O)c1ccc(NC(=O)c2ccc(C(C)(C)C)cc2)cc1)c1ccccc1. The highest BCUT2D eigenvalue weighted by Gasteiger charge is 2.14. The number of carbonyl (C=O) groups is 2. The van der Waals surface area contributed by atoms with Crippen LogP contribution < -0.4 is 10.7 Å². The van der Waals surface area contributed by atoms with E-state index in [2.05, 4.69) is 43.5 Å². The Labute approximate surface area is 202 Å². The first-order chi connectivity index (χ1) is 16.3. The molecule has 0 aliphatic heterocycles. The van der Waals surface area contributed by atoms with Crippen molar-refractivity contribution in [1.29, 1.82) is 0 Å². The summed E-state index contributed by atoms with van der Waals surface area (Å²) >= 11 is 0. The molecule has 0 spiro atoms. The van der Waals surface area contributed by atoms with E-state index in [4.69, 9.17) is 0 Å². The summed E-state index contributed by atoms with van der Waals surface area (Å²) in [6.07, 6.45) is 2.84. The average molecular weight is 456 g/mol. The summed E-state index contributed by atoms with van der Waals surface area (Å²) < 4.78 is 0. The summed E-state index contributed by atoms with van der Waals surface area (Å²) in [5.74, 6) is -0.480. The van der Waals surface area contributed by atoms with E-state index in [9.17, 15) is 9.59 Å². The van der Waals surface area contributed by atoms with Gasteiger partial charge in [-0.25, -0.2) is 5.43 Å². The Morgan fingerprint density at radius 3 is 1.94 bits per heavy atom. The molecule has 0 aliphatic rings. The molecular formula is C29H33N3O2. The second kappa shape index (κ2) is 11.4. The van der Waals surface area contributed by atoms with Gasteiger partial charge in [0.2, 0.25) is 0 Å². The van der Waals surface area contributed by atoms with E-state index in [0.717, 1.165) is 30.5 Å². The first-order valence-corrected chi connectivity index (χ1v) is 11.7. The number of benzene rings is 3. The lowest BCUT2D eigenvalue weighted by atomic mass is 9.87. The van der Waals surface area contributed by atoms with Gasteiger partial charge in [-0.15, -0.1) is 0 Å². The minimum atomic E-state index is -0.291. The molecule has 5 heteroatoms. The number of rotatable bonds is 8. The fraction of sp³-hybridized carbons (Fsp3) is 0.276. The lowest BCUT2D eigenvalue weighted by Crippen LogP contribution is -2.20. The van der Waals surface area contributed by atoms with Gasteiger partial charge in [-0.2, -0.15) is 5.10 Å². The van der Waals surface area contributed by atoms with Gasteiger partial charge in [0.15, 0.2) is 0 Å². The number of nitrogens with zero attached hydrogens (tertiary/aromatic N) is 1. The number of nitrogens with one attached hydrogen (secondary N) is 2. The summed E-state index contributed by atoms with van der Waals surface area (Å²) in [4.78, 5) is 25.2. The Balaban J connectivity index is 1.63. The minimum absolute atomic E-state index is 0.0350. The number of anilines is 1. The van der Waals surface area contributed by atoms with Gasteiger partial charge in [-0.05, 0) is 65.8 Å². The van der Waals surface area contributed by atoms with E-state index >= 15 is 0 Å². The molecule has 0 aliphatic carbocycles. The van der Waals surface area contributed by atoms with Crippen molar-refractivity contribution >= 4 is 23.2 Å². The van der Waals surface area contributed by atoms with Gasteiger partial charge < -0.3 is 5.32 Å². The number of hydrogen-bond donors (Lipinski definition) is 2. The molecule has 0 heterocycles. The van der Waals surface area contributed by atoms with Crippen molar-refractivity contribution in [1.82, 2.24) is 5.43 Å². The molecule has 0 saturated heterocycles. The van der Waals surface area contributed by atoms with Gasteiger partial charge in [-0.3, -0.25) is 9.59 Å². The summed E-state index contributed by atoms with van der Waals surface area (Å²) in [6.45, 7) is 8.54. The van der Waals surface area contributed by atoms with E-state index in [1.165, 1.54) is 5.56 Å². The average Bonchev–Trinajstić information content (AvgIpc) is 2.84. The molecule has 3 aromatic rings. The molecule has 2 N–H and O–H groups in total. The molecule has 0 unspecified atom stereocenters. The molecule has 3 aromatic carbocycles. The highest BCUT2D eigenvalue weighted by molar-refractivity contribution is 6.05. The maximum absolute atomic E-state index is 12.6. The fourth-order valence-corrected chi connectivity index (χ4v) is 3.45. The Bertz CT molecular complexity index is 1130. The summed E-state index contributed by atoms with van der Waals surface area (Å²) in [7, 11) is 0. The van der Waals surface area contributed by atoms with E-state index in [1.807, 2.05) is 54.6 Å². The highest BCUT2D eigenvalue weighted by atomic mass is 16.2. The van der Waals surface area contributed by atoms with Gasteiger partial charge in [0.25, 0.3) is 11.8 Å². The van der Waals surface area contributed by atoms with Gasteiger partial charge in [0.05, 0.1) is 5.71 Å². The maximum Gasteiger partial charge on any atom is 0.271 e. The van der Waals surface area contributed by atoms with Crippen molar-refractivity contribution in [2.24, 2.45) is 5.10 Å². The normalized spacial score (nSPS) is 11.7. The molecule has 176 valence electrons. The first-order valence-electron chi connectivity index (χ1n) is 11.7. The van der Waals surface area contributed by atoms with E-state index in [0.29, 0.717) is 16.8 Å². The standard InChI is InChI=1S/C29H33N3O2/c1-5-6-12-26(21-10-8-7-9-11-21)31-32-28(34)23-15-19-25(20-16-23)30-27(33)22-13-17-24(18-14-22)29(2,3)4/h7-11,13-20H,5-6,12H2,1-4H3,(H,30,33)(H,32,34). The zero-order valence-corrected chi connectivity index (χ0v) is 20.4. The number of hydrogen-bond acceptors (Lipinski definition) is 3. The molecule has 3 rings (SSSR count). The topological polar surface area (TPSA) is 70.6 Å². The molecule has 0 saturated carbocycles. The van der Waals surface area contributed by atoms with Crippen LogP contribution in [0.15, 0.2) is 84.0 Å². The minimum Gasteiger partial charge on any atom is -0.322 e. The van der Waals surface area contributed by atoms with Crippen LogP contribution in [0.1, 0.15) is 78.8 Å². The molecule has 34 heavy (non-hydrogen) atoms. The van der Waals surface area contributed by atoms with Crippen LogP contribution in [0.5, 0.6) is 0 Å².